The van der Waals surface area contributed by atoms with Crippen molar-refractivity contribution in [3.63, 3.8) is 0 Å². The average Bonchev–Trinajstić information content (AvgIpc) is 3.32. The Morgan fingerprint density at radius 2 is 1.77 bits per heavy atom. The van der Waals surface area contributed by atoms with Crippen molar-refractivity contribution < 1.29 is 27.2 Å². The van der Waals surface area contributed by atoms with E-state index in [2.05, 4.69) is 10.6 Å². The maximum Gasteiger partial charge on any atom is 0.238 e. The number of aryl methyl sites for hydroxylation is 1. The number of benzene rings is 3. The predicted molar refractivity (Wildman–Crippen MR) is 183 cm³/mol. The average molecular weight is 716 g/mol. The monoisotopic (exact) mass is 714 g/mol. The highest BCUT2D eigenvalue weighted by atomic mass is 35.5. The van der Waals surface area contributed by atoms with Crippen LogP contribution in [0.1, 0.15) is 53.5 Å². The number of piperazine rings is 1. The molecule has 254 valence electrons. The van der Waals surface area contributed by atoms with Gasteiger partial charge in [0.15, 0.2) is 11.9 Å². The first kappa shape index (κ1) is 34.5. The van der Waals surface area contributed by atoms with Crippen LogP contribution < -0.4 is 10.6 Å². The zero-order valence-corrected chi connectivity index (χ0v) is 29.0. The van der Waals surface area contributed by atoms with Crippen molar-refractivity contribution in [1.29, 1.82) is 0 Å². The lowest BCUT2D eigenvalue weighted by Crippen LogP contribution is -2.72. The van der Waals surface area contributed by atoms with Gasteiger partial charge >= 0.3 is 0 Å². The van der Waals surface area contributed by atoms with Crippen LogP contribution in [0, 0.1) is 12.7 Å². The standard InChI is InChI=1S/C35H37Cl2FN4O5S/c1-22-7-9-26(38)19-27(22)32-35(28-10-8-25(37)18-30(28)40-33(35)45)29(23-5-3-6-24(36)17-23)20-31(44)42(32)34(21-43,11-4-16-48(2,46)47)41-14-12-39-13-15-41/h3,5-10,17-19,21,29,32,39H,4,11-16,20H2,1-2H3,(H,40,45)/t29-,32+,34?,35-/m0/s1. The first-order valence-electron chi connectivity index (χ1n) is 15.9. The van der Waals surface area contributed by atoms with E-state index < -0.39 is 50.5 Å². The maximum absolute atomic E-state index is 15.4. The second-order valence-electron chi connectivity index (χ2n) is 13.0. The van der Waals surface area contributed by atoms with Gasteiger partial charge in [-0.3, -0.25) is 19.3 Å². The summed E-state index contributed by atoms with van der Waals surface area (Å²) in [5.41, 5.74) is -0.670. The quantitative estimate of drug-likeness (QED) is 0.300. The number of halogens is 3. The van der Waals surface area contributed by atoms with E-state index in [9.17, 15) is 22.8 Å². The number of aldehydes is 1. The minimum Gasteiger partial charge on any atom is -0.325 e. The van der Waals surface area contributed by atoms with Gasteiger partial charge in [0, 0.05) is 60.5 Å². The number of sulfone groups is 1. The number of rotatable bonds is 9. The summed E-state index contributed by atoms with van der Waals surface area (Å²) in [7, 11) is -3.42. The van der Waals surface area contributed by atoms with Gasteiger partial charge in [-0.2, -0.15) is 0 Å². The molecule has 1 unspecified atom stereocenters. The molecular weight excluding hydrogens is 678 g/mol. The predicted octanol–water partition coefficient (Wildman–Crippen LogP) is 5.01. The third-order valence-electron chi connectivity index (χ3n) is 10.1. The smallest absolute Gasteiger partial charge is 0.238 e. The van der Waals surface area contributed by atoms with Crippen molar-refractivity contribution in [2.24, 2.45) is 0 Å². The van der Waals surface area contributed by atoms with Crippen LogP contribution in [0.3, 0.4) is 0 Å². The fourth-order valence-electron chi connectivity index (χ4n) is 8.02. The van der Waals surface area contributed by atoms with Gasteiger partial charge in [0.25, 0.3) is 0 Å². The van der Waals surface area contributed by atoms with Crippen molar-refractivity contribution in [1.82, 2.24) is 15.1 Å². The Bertz CT molecular complexity index is 1890. The molecule has 9 nitrogen and oxygen atoms in total. The summed E-state index contributed by atoms with van der Waals surface area (Å²) in [6, 6.07) is 15.1. The molecule has 0 bridgehead atoms. The van der Waals surface area contributed by atoms with E-state index in [1.54, 1.807) is 49.4 Å². The van der Waals surface area contributed by atoms with E-state index in [0.717, 1.165) is 6.26 Å². The van der Waals surface area contributed by atoms with Gasteiger partial charge < -0.3 is 15.5 Å². The topological polar surface area (TPSA) is 116 Å². The normalized spacial score (nSPS) is 24.3. The molecule has 0 radical (unpaired) electrons. The number of carbonyl (C=O) groups is 3. The van der Waals surface area contributed by atoms with E-state index in [1.807, 2.05) is 11.0 Å². The van der Waals surface area contributed by atoms with E-state index in [0.29, 0.717) is 70.5 Å². The molecule has 0 aromatic heterocycles. The largest absolute Gasteiger partial charge is 0.325 e. The molecule has 48 heavy (non-hydrogen) atoms. The minimum absolute atomic E-state index is 0.0207. The van der Waals surface area contributed by atoms with Crippen molar-refractivity contribution in [3.8, 4) is 0 Å². The minimum atomic E-state index is -3.42. The maximum atomic E-state index is 15.4. The lowest BCUT2D eigenvalue weighted by atomic mass is 9.57. The Hall–Kier alpha value is -3.35. The fourth-order valence-corrected chi connectivity index (χ4v) is 9.06. The molecule has 6 rings (SSSR count). The Balaban J connectivity index is 1.70. The molecule has 0 aliphatic carbocycles. The molecule has 3 aromatic rings. The zero-order valence-electron chi connectivity index (χ0n) is 26.6. The van der Waals surface area contributed by atoms with Gasteiger partial charge in [0.1, 0.15) is 21.1 Å². The number of amides is 2. The van der Waals surface area contributed by atoms with E-state index in [1.165, 1.54) is 17.0 Å². The van der Waals surface area contributed by atoms with Crippen molar-refractivity contribution in [3.05, 3.63) is 98.8 Å². The van der Waals surface area contributed by atoms with Crippen LogP contribution in [0.2, 0.25) is 10.0 Å². The lowest BCUT2D eigenvalue weighted by molar-refractivity contribution is -0.175. The van der Waals surface area contributed by atoms with E-state index >= 15 is 4.39 Å². The zero-order chi connectivity index (χ0) is 34.4. The Morgan fingerprint density at radius 1 is 1.04 bits per heavy atom. The van der Waals surface area contributed by atoms with Crippen LogP contribution in [0.15, 0.2) is 60.7 Å². The number of nitrogens with one attached hydrogen (secondary N) is 2. The molecule has 13 heteroatoms. The molecule has 4 atom stereocenters. The van der Waals surface area contributed by atoms with Gasteiger partial charge in [-0.1, -0.05) is 47.5 Å². The summed E-state index contributed by atoms with van der Waals surface area (Å²) >= 11 is 12.9. The summed E-state index contributed by atoms with van der Waals surface area (Å²) in [5.74, 6) is -2.45. The Morgan fingerprint density at radius 3 is 2.46 bits per heavy atom. The van der Waals surface area contributed by atoms with Crippen molar-refractivity contribution in [2.45, 2.75) is 49.2 Å². The molecule has 1 spiro atoms. The molecule has 2 fully saturated rings. The highest BCUT2D eigenvalue weighted by molar-refractivity contribution is 7.90. The van der Waals surface area contributed by atoms with Crippen LogP contribution in [0.4, 0.5) is 10.1 Å². The summed E-state index contributed by atoms with van der Waals surface area (Å²) in [6.07, 6.45) is 1.70. The van der Waals surface area contributed by atoms with Gasteiger partial charge in [-0.15, -0.1) is 0 Å². The molecule has 3 aliphatic heterocycles. The molecule has 2 N–H and O–H groups in total. The molecule has 2 amide bonds. The van der Waals surface area contributed by atoms with Crippen LogP contribution >= 0.6 is 23.2 Å². The number of anilines is 1. The number of fused-ring (bicyclic) bond motifs is 2. The number of hydrogen-bond acceptors (Lipinski definition) is 7. The number of likely N-dealkylation sites (tertiary alicyclic amines) is 1. The molecule has 3 aliphatic rings. The highest BCUT2D eigenvalue weighted by Gasteiger charge is 2.67. The van der Waals surface area contributed by atoms with Crippen LogP contribution in [-0.4, -0.2) is 80.2 Å². The highest BCUT2D eigenvalue weighted by Crippen LogP contribution is 2.62. The number of nitrogens with zero attached hydrogens (tertiary/aromatic N) is 2. The summed E-state index contributed by atoms with van der Waals surface area (Å²) < 4.78 is 40.0. The second-order valence-corrected chi connectivity index (χ2v) is 16.1. The molecular formula is C35H37Cl2FN4O5S. The Kier molecular flexibility index (Phi) is 9.47. The van der Waals surface area contributed by atoms with Crippen LogP contribution in [0.5, 0.6) is 0 Å². The van der Waals surface area contributed by atoms with Gasteiger partial charge in [-0.25, -0.2) is 12.8 Å². The summed E-state index contributed by atoms with van der Waals surface area (Å²) in [6.45, 7) is 3.57. The number of hydrogen-bond donors (Lipinski definition) is 2. The van der Waals surface area contributed by atoms with Crippen LogP contribution in [0.25, 0.3) is 0 Å². The molecule has 3 heterocycles. The lowest BCUT2D eigenvalue weighted by Gasteiger charge is -2.59. The first-order chi connectivity index (χ1) is 22.8. The van der Waals surface area contributed by atoms with Crippen molar-refractivity contribution in [2.75, 3.05) is 43.5 Å². The van der Waals surface area contributed by atoms with Crippen LogP contribution in [-0.2, 0) is 29.6 Å². The first-order valence-corrected chi connectivity index (χ1v) is 18.7. The van der Waals surface area contributed by atoms with E-state index in [4.69, 9.17) is 23.2 Å². The van der Waals surface area contributed by atoms with Crippen molar-refractivity contribution >= 4 is 56.8 Å². The third kappa shape index (κ3) is 5.94. The molecule has 3 aromatic carbocycles. The fraction of sp³-hybridized carbons (Fsp3) is 0.400. The molecule has 0 saturated carbocycles. The summed E-state index contributed by atoms with van der Waals surface area (Å²) in [5, 5.41) is 7.09. The number of piperidine rings is 1. The molecule has 2 saturated heterocycles. The van der Waals surface area contributed by atoms with E-state index in [-0.39, 0.29) is 25.0 Å². The van der Waals surface area contributed by atoms with Gasteiger partial charge in [-0.05, 0) is 78.4 Å². The SMILES string of the molecule is Cc1ccc(F)cc1[C@H]1N(C(C=O)(CCCS(C)(=O)=O)N2CCNCC2)C(=O)C[C@@H](c2cccc(Cl)c2)[C@]12C(=O)Nc1cc(Cl)ccc12. The third-order valence-corrected chi connectivity index (χ3v) is 11.6. The van der Waals surface area contributed by atoms with Gasteiger partial charge in [0.05, 0.1) is 11.8 Å². The van der Waals surface area contributed by atoms with Gasteiger partial charge in [0.2, 0.25) is 11.8 Å². The number of carbonyl (C=O) groups excluding carboxylic acids is 3. The second kappa shape index (κ2) is 13.2. The summed E-state index contributed by atoms with van der Waals surface area (Å²) in [4.78, 5) is 47.1. The Labute approximate surface area is 289 Å².